The van der Waals surface area contributed by atoms with Crippen molar-refractivity contribution >= 4 is 18.0 Å². The highest BCUT2D eigenvalue weighted by atomic mass is 16.1. The van der Waals surface area contributed by atoms with Gasteiger partial charge in [0.05, 0.1) is 0 Å². The first kappa shape index (κ1) is 21.5. The fourth-order valence-electron chi connectivity index (χ4n) is 3.06. The Kier molecular flexibility index (Phi) is 13.7. The molecule has 1 N–H and O–H groups in total. The molecule has 0 spiro atoms. The maximum atomic E-state index is 10.3. The number of aldehydes is 1. The van der Waals surface area contributed by atoms with E-state index in [1.165, 1.54) is 83.1 Å². The highest BCUT2D eigenvalue weighted by Gasteiger charge is 1.95. The minimum absolute atomic E-state index is 0.805. The minimum Gasteiger partial charge on any atom is -0.385 e. The van der Waals surface area contributed by atoms with Gasteiger partial charge >= 0.3 is 0 Å². The first-order valence-corrected chi connectivity index (χ1v) is 10.3. The predicted octanol–water partition coefficient (Wildman–Crippen LogP) is 7.01. The van der Waals surface area contributed by atoms with Gasteiger partial charge in [-0.25, -0.2) is 0 Å². The van der Waals surface area contributed by atoms with E-state index in [1.54, 1.807) is 0 Å². The molecular weight excluding hydrogens is 306 g/mol. The van der Waals surface area contributed by atoms with E-state index < -0.39 is 0 Å². The lowest BCUT2D eigenvalue weighted by atomic mass is 10.1. The molecule has 0 aliphatic heterocycles. The number of allylic oxidation sites excluding steroid dienone is 1. The maximum Gasteiger partial charge on any atom is 0.142 e. The summed E-state index contributed by atoms with van der Waals surface area (Å²) in [4.78, 5) is 10.3. The van der Waals surface area contributed by atoms with Gasteiger partial charge in [-0.1, -0.05) is 95.8 Å². The fraction of sp³-hybridized carbons (Fsp3) is 0.609. The smallest absolute Gasteiger partial charge is 0.142 e. The van der Waals surface area contributed by atoms with Gasteiger partial charge in [0.1, 0.15) is 6.29 Å². The summed E-state index contributed by atoms with van der Waals surface area (Å²) < 4.78 is 0. The van der Waals surface area contributed by atoms with E-state index in [9.17, 15) is 4.79 Å². The summed E-state index contributed by atoms with van der Waals surface area (Å²) in [5.41, 5.74) is 2.22. The van der Waals surface area contributed by atoms with Gasteiger partial charge in [-0.2, -0.15) is 0 Å². The Hall–Kier alpha value is -1.57. The zero-order chi connectivity index (χ0) is 18.0. The number of carbonyl (C=O) groups excluding carboxylic acids is 1. The van der Waals surface area contributed by atoms with Crippen LogP contribution in [0.4, 0.5) is 5.69 Å². The van der Waals surface area contributed by atoms with Crippen molar-refractivity contribution in [2.45, 2.75) is 84.0 Å². The van der Waals surface area contributed by atoms with Gasteiger partial charge in [0.25, 0.3) is 0 Å². The Morgan fingerprint density at radius 2 is 1.28 bits per heavy atom. The normalized spacial score (nSPS) is 11.1. The molecule has 2 nitrogen and oxygen atoms in total. The molecule has 0 aliphatic carbocycles. The van der Waals surface area contributed by atoms with E-state index in [-0.39, 0.29) is 0 Å². The number of anilines is 1. The van der Waals surface area contributed by atoms with E-state index in [2.05, 4.69) is 24.4 Å². The van der Waals surface area contributed by atoms with Crippen molar-refractivity contribution in [3.63, 3.8) is 0 Å². The largest absolute Gasteiger partial charge is 0.385 e. The van der Waals surface area contributed by atoms with Gasteiger partial charge in [-0.3, -0.25) is 4.79 Å². The summed E-state index contributed by atoms with van der Waals surface area (Å²) in [7, 11) is 0. The zero-order valence-corrected chi connectivity index (χ0v) is 16.1. The van der Waals surface area contributed by atoms with Gasteiger partial charge in [-0.15, -0.1) is 0 Å². The van der Waals surface area contributed by atoms with Crippen molar-refractivity contribution < 1.29 is 4.79 Å². The summed E-state index contributed by atoms with van der Waals surface area (Å²) >= 11 is 0. The summed E-state index contributed by atoms with van der Waals surface area (Å²) in [5.74, 6) is 0. The van der Waals surface area contributed by atoms with Crippen LogP contribution in [0, 0.1) is 0 Å². The zero-order valence-electron chi connectivity index (χ0n) is 16.1. The first-order chi connectivity index (χ1) is 12.4. The van der Waals surface area contributed by atoms with E-state index in [0.717, 1.165) is 24.1 Å². The molecule has 0 saturated heterocycles. The summed E-state index contributed by atoms with van der Waals surface area (Å²) in [6.07, 6.45) is 20.8. The molecule has 0 atom stereocenters. The Labute approximate surface area is 155 Å². The van der Waals surface area contributed by atoms with Crippen LogP contribution in [0.15, 0.2) is 30.3 Å². The summed E-state index contributed by atoms with van der Waals surface area (Å²) in [6, 6.07) is 8.21. The lowest BCUT2D eigenvalue weighted by Gasteiger charge is -2.07. The molecule has 0 aromatic heterocycles. The lowest BCUT2D eigenvalue weighted by Crippen LogP contribution is -2.01. The molecule has 1 aromatic rings. The third kappa shape index (κ3) is 12.4. The van der Waals surface area contributed by atoms with E-state index in [4.69, 9.17) is 0 Å². The molecule has 0 unspecified atom stereocenters. The second kappa shape index (κ2) is 15.9. The Morgan fingerprint density at radius 1 is 0.760 bits per heavy atom. The molecule has 25 heavy (non-hydrogen) atoms. The Balaban J connectivity index is 1.90. The van der Waals surface area contributed by atoms with Gasteiger partial charge < -0.3 is 5.32 Å². The molecular formula is C23H37NO. The lowest BCUT2D eigenvalue weighted by molar-refractivity contribution is -0.104. The van der Waals surface area contributed by atoms with Crippen LogP contribution in [0.5, 0.6) is 0 Å². The standard InChI is InChI=1S/C23H37NO/c1-2-3-4-5-6-7-8-9-10-11-12-13-20-24-23-18-16-22(17-19-23)15-14-21-25/h14-19,21,24H,2-13,20H2,1H3/b15-14+. The second-order valence-electron chi connectivity index (χ2n) is 6.93. The molecule has 0 amide bonds. The molecule has 140 valence electrons. The highest BCUT2D eigenvalue weighted by Crippen LogP contribution is 2.13. The molecule has 0 bridgehead atoms. The van der Waals surface area contributed by atoms with E-state index in [0.29, 0.717) is 0 Å². The topological polar surface area (TPSA) is 29.1 Å². The van der Waals surface area contributed by atoms with Crippen LogP contribution >= 0.6 is 0 Å². The molecule has 2 heteroatoms. The number of unbranched alkanes of at least 4 members (excludes halogenated alkanes) is 11. The van der Waals surface area contributed by atoms with Crippen molar-refractivity contribution in [1.29, 1.82) is 0 Å². The molecule has 0 fully saturated rings. The van der Waals surface area contributed by atoms with E-state index in [1.807, 2.05) is 18.2 Å². The number of nitrogens with one attached hydrogen (secondary N) is 1. The number of hydrogen-bond acceptors (Lipinski definition) is 2. The van der Waals surface area contributed by atoms with Crippen molar-refractivity contribution in [3.8, 4) is 0 Å². The highest BCUT2D eigenvalue weighted by molar-refractivity contribution is 5.74. The SMILES string of the molecule is CCCCCCCCCCCCCCNc1ccc(/C=C/C=O)cc1. The van der Waals surface area contributed by atoms with Crippen molar-refractivity contribution in [3.05, 3.63) is 35.9 Å². The molecule has 1 rings (SSSR count). The molecule has 0 heterocycles. The number of benzene rings is 1. The monoisotopic (exact) mass is 343 g/mol. The van der Waals surface area contributed by atoms with Gasteiger partial charge in [-0.05, 0) is 30.2 Å². The van der Waals surface area contributed by atoms with Crippen molar-refractivity contribution in [1.82, 2.24) is 0 Å². The third-order valence-electron chi connectivity index (χ3n) is 4.64. The van der Waals surface area contributed by atoms with Crippen molar-refractivity contribution in [2.75, 3.05) is 11.9 Å². The van der Waals surface area contributed by atoms with Crippen LogP contribution in [-0.4, -0.2) is 12.8 Å². The molecule has 1 aromatic carbocycles. The molecule has 0 saturated carbocycles. The maximum absolute atomic E-state index is 10.3. The molecule has 0 aliphatic rings. The van der Waals surface area contributed by atoms with Crippen LogP contribution in [0.3, 0.4) is 0 Å². The van der Waals surface area contributed by atoms with Crippen LogP contribution in [0.25, 0.3) is 6.08 Å². The third-order valence-corrected chi connectivity index (χ3v) is 4.64. The summed E-state index contributed by atoms with van der Waals surface area (Å²) in [5, 5.41) is 3.47. The fourth-order valence-corrected chi connectivity index (χ4v) is 3.06. The Bertz CT molecular complexity index is 450. The second-order valence-corrected chi connectivity index (χ2v) is 6.93. The average molecular weight is 344 g/mol. The van der Waals surface area contributed by atoms with Crippen LogP contribution in [0.1, 0.15) is 89.5 Å². The molecule has 0 radical (unpaired) electrons. The predicted molar refractivity (Wildman–Crippen MR) is 111 cm³/mol. The van der Waals surface area contributed by atoms with Crippen molar-refractivity contribution in [2.24, 2.45) is 0 Å². The average Bonchev–Trinajstić information content (AvgIpc) is 2.65. The van der Waals surface area contributed by atoms with E-state index >= 15 is 0 Å². The van der Waals surface area contributed by atoms with Crippen LogP contribution in [0.2, 0.25) is 0 Å². The number of hydrogen-bond donors (Lipinski definition) is 1. The van der Waals surface area contributed by atoms with Crippen LogP contribution in [-0.2, 0) is 4.79 Å². The minimum atomic E-state index is 0.805. The van der Waals surface area contributed by atoms with Gasteiger partial charge in [0, 0.05) is 12.2 Å². The number of carbonyl (C=O) groups is 1. The number of rotatable bonds is 16. The Morgan fingerprint density at radius 3 is 1.80 bits per heavy atom. The quantitative estimate of drug-likeness (QED) is 0.199. The first-order valence-electron chi connectivity index (χ1n) is 10.3. The summed E-state index contributed by atoms with van der Waals surface area (Å²) in [6.45, 7) is 3.32. The van der Waals surface area contributed by atoms with Gasteiger partial charge in [0.2, 0.25) is 0 Å². The van der Waals surface area contributed by atoms with Crippen LogP contribution < -0.4 is 5.32 Å². The van der Waals surface area contributed by atoms with Gasteiger partial charge in [0.15, 0.2) is 0 Å².